The highest BCUT2D eigenvalue weighted by Gasteiger charge is 2.45. The number of hydrogen-bond acceptors (Lipinski definition) is 4. The molecule has 5 nitrogen and oxygen atoms in total. The number of carbonyl (C=O) groups is 1. The number of carboxylic acids is 1. The van der Waals surface area contributed by atoms with E-state index < -0.39 is 17.7 Å². The van der Waals surface area contributed by atoms with Crippen molar-refractivity contribution in [3.63, 3.8) is 0 Å². The maximum Gasteiger partial charge on any atom is 0.417 e. The van der Waals surface area contributed by atoms with Gasteiger partial charge in [0.15, 0.2) is 0 Å². The summed E-state index contributed by atoms with van der Waals surface area (Å²) in [7, 11) is 0. The van der Waals surface area contributed by atoms with E-state index in [1.165, 1.54) is 18.9 Å². The second-order valence-corrected chi connectivity index (χ2v) is 9.27. The van der Waals surface area contributed by atoms with Gasteiger partial charge >= 0.3 is 12.1 Å². The van der Waals surface area contributed by atoms with Gasteiger partial charge < -0.3 is 15.2 Å². The van der Waals surface area contributed by atoms with E-state index in [0.29, 0.717) is 48.1 Å². The lowest BCUT2D eigenvalue weighted by Gasteiger charge is -2.16. The predicted octanol–water partition coefficient (Wildman–Crippen LogP) is 6.36. The van der Waals surface area contributed by atoms with Gasteiger partial charge in [-0.2, -0.15) is 13.2 Å². The van der Waals surface area contributed by atoms with E-state index in [9.17, 15) is 18.0 Å². The van der Waals surface area contributed by atoms with Gasteiger partial charge in [-0.15, -0.1) is 0 Å². The molecule has 2 atom stereocenters. The third-order valence-corrected chi connectivity index (χ3v) is 6.51. The van der Waals surface area contributed by atoms with Crippen molar-refractivity contribution in [2.24, 2.45) is 11.8 Å². The number of halogens is 3. The molecule has 0 amide bonds. The van der Waals surface area contributed by atoms with E-state index in [-0.39, 0.29) is 17.4 Å². The van der Waals surface area contributed by atoms with Crippen molar-refractivity contribution in [1.29, 1.82) is 0 Å². The first-order valence-corrected chi connectivity index (χ1v) is 11.6. The van der Waals surface area contributed by atoms with E-state index in [4.69, 9.17) is 9.84 Å². The number of ether oxygens (including phenoxy) is 1. The number of benzene rings is 2. The Labute approximate surface area is 201 Å². The molecule has 1 aromatic heterocycles. The molecule has 0 saturated heterocycles. The third kappa shape index (κ3) is 5.58. The number of aliphatic carboxylic acids is 1. The van der Waals surface area contributed by atoms with Crippen LogP contribution in [0.2, 0.25) is 0 Å². The monoisotopic (exact) mass is 482 g/mol. The van der Waals surface area contributed by atoms with Crippen LogP contribution in [0.15, 0.2) is 60.8 Å². The molecule has 2 aliphatic rings. The zero-order valence-electron chi connectivity index (χ0n) is 18.9. The van der Waals surface area contributed by atoms with Crippen LogP contribution in [0.3, 0.4) is 0 Å². The topological polar surface area (TPSA) is 71.5 Å². The lowest BCUT2D eigenvalue weighted by Crippen LogP contribution is -2.09. The number of aromatic nitrogens is 1. The largest absolute Gasteiger partial charge is 0.493 e. The maximum absolute atomic E-state index is 13.7. The number of pyridine rings is 1. The highest BCUT2D eigenvalue weighted by atomic mass is 19.4. The van der Waals surface area contributed by atoms with Crippen LogP contribution >= 0.6 is 0 Å². The van der Waals surface area contributed by atoms with Gasteiger partial charge in [0.2, 0.25) is 0 Å². The van der Waals surface area contributed by atoms with Gasteiger partial charge in [-0.25, -0.2) is 0 Å². The molecule has 2 saturated carbocycles. The van der Waals surface area contributed by atoms with Crippen LogP contribution < -0.4 is 10.1 Å². The first-order chi connectivity index (χ1) is 16.8. The SMILES string of the molecule is O=C(O)[C@H]1C[C@@H]1c1ccc(NCc2ccc(C(F)(F)F)c(-c3ccc(OCC4CC4)cc3)c2)cn1. The molecule has 0 aliphatic heterocycles. The van der Waals surface area contributed by atoms with Crippen molar-refractivity contribution in [1.82, 2.24) is 4.98 Å². The van der Waals surface area contributed by atoms with Crippen molar-refractivity contribution >= 4 is 11.7 Å². The van der Waals surface area contributed by atoms with E-state index >= 15 is 0 Å². The summed E-state index contributed by atoms with van der Waals surface area (Å²) in [5, 5.41) is 12.2. The average Bonchev–Trinajstić information content (AvgIpc) is 3.75. The van der Waals surface area contributed by atoms with Gasteiger partial charge in [0.1, 0.15) is 5.75 Å². The normalized spacial score (nSPS) is 19.3. The van der Waals surface area contributed by atoms with Gasteiger partial charge in [0.05, 0.1) is 30.0 Å². The summed E-state index contributed by atoms with van der Waals surface area (Å²) < 4.78 is 46.8. The number of alkyl halides is 3. The van der Waals surface area contributed by atoms with Gasteiger partial charge in [0, 0.05) is 18.2 Å². The molecule has 0 unspecified atom stereocenters. The van der Waals surface area contributed by atoms with Crippen LogP contribution in [0.5, 0.6) is 5.75 Å². The molecular weight excluding hydrogens is 457 g/mol. The summed E-state index contributed by atoms with van der Waals surface area (Å²) in [6.07, 6.45) is 0.0767. The lowest BCUT2D eigenvalue weighted by molar-refractivity contribution is -0.139. The minimum atomic E-state index is -4.47. The number of nitrogens with one attached hydrogen (secondary N) is 1. The molecule has 2 N–H and O–H groups in total. The summed E-state index contributed by atoms with van der Waals surface area (Å²) >= 11 is 0. The molecule has 1 heterocycles. The molecule has 35 heavy (non-hydrogen) atoms. The van der Waals surface area contributed by atoms with Crippen molar-refractivity contribution in [2.45, 2.75) is 37.9 Å². The van der Waals surface area contributed by atoms with Crippen LogP contribution in [0.1, 0.15) is 42.0 Å². The maximum atomic E-state index is 13.7. The van der Waals surface area contributed by atoms with Crippen LogP contribution in [-0.4, -0.2) is 22.7 Å². The number of anilines is 1. The second kappa shape index (κ2) is 9.24. The molecule has 0 bridgehead atoms. The van der Waals surface area contributed by atoms with Crippen molar-refractivity contribution in [3.05, 3.63) is 77.6 Å². The molecule has 0 radical (unpaired) electrons. The molecule has 2 fully saturated rings. The first-order valence-electron chi connectivity index (χ1n) is 11.6. The fourth-order valence-electron chi connectivity index (χ4n) is 4.14. The second-order valence-electron chi connectivity index (χ2n) is 9.27. The molecule has 2 aromatic carbocycles. The van der Waals surface area contributed by atoms with Crippen LogP contribution in [0, 0.1) is 11.8 Å². The van der Waals surface area contributed by atoms with E-state index in [1.54, 1.807) is 42.6 Å². The summed E-state index contributed by atoms with van der Waals surface area (Å²) in [4.78, 5) is 15.4. The van der Waals surface area contributed by atoms with Crippen LogP contribution in [0.4, 0.5) is 18.9 Å². The molecule has 182 valence electrons. The lowest BCUT2D eigenvalue weighted by atomic mass is 9.96. The van der Waals surface area contributed by atoms with E-state index in [1.807, 2.05) is 6.07 Å². The molecule has 0 spiro atoms. The van der Waals surface area contributed by atoms with Crippen molar-refractivity contribution in [2.75, 3.05) is 11.9 Å². The van der Waals surface area contributed by atoms with Crippen LogP contribution in [0.25, 0.3) is 11.1 Å². The fraction of sp³-hybridized carbons (Fsp3) is 0.333. The Balaban J connectivity index is 1.29. The van der Waals surface area contributed by atoms with Gasteiger partial charge in [0.25, 0.3) is 0 Å². The molecular formula is C27H25F3N2O3. The number of rotatable bonds is 9. The highest BCUT2D eigenvalue weighted by Crippen LogP contribution is 2.46. The molecule has 2 aliphatic carbocycles. The van der Waals surface area contributed by atoms with Gasteiger partial charge in [-0.1, -0.05) is 18.2 Å². The number of hydrogen-bond donors (Lipinski definition) is 2. The standard InChI is InChI=1S/C27H25F3N2O3/c28-27(29,30)24-9-3-17(11-21(24)18-4-7-20(8-5-18)35-15-16-1-2-16)13-31-19-6-10-25(32-14-19)22-12-23(22)26(33)34/h3-11,14,16,22-23,31H,1-2,12-13,15H2,(H,33,34)/t22-,23-/m0/s1. The quantitative estimate of drug-likeness (QED) is 0.372. The first kappa shape index (κ1) is 23.2. The Morgan fingerprint density at radius 3 is 2.46 bits per heavy atom. The number of carboxylic acid groups (broad SMARTS) is 1. The Hall–Kier alpha value is -3.55. The average molecular weight is 483 g/mol. The summed E-state index contributed by atoms with van der Waals surface area (Å²) in [6, 6.07) is 14.5. The smallest absolute Gasteiger partial charge is 0.417 e. The Bertz CT molecular complexity index is 1210. The zero-order valence-corrected chi connectivity index (χ0v) is 18.9. The van der Waals surface area contributed by atoms with Crippen molar-refractivity contribution in [3.8, 4) is 16.9 Å². The fourth-order valence-corrected chi connectivity index (χ4v) is 4.14. The Morgan fingerprint density at radius 1 is 1.09 bits per heavy atom. The summed E-state index contributed by atoms with van der Waals surface area (Å²) in [6.45, 7) is 0.959. The molecule has 8 heteroatoms. The van der Waals surface area contributed by atoms with E-state index in [0.717, 1.165) is 11.8 Å². The van der Waals surface area contributed by atoms with Gasteiger partial charge in [-0.05, 0) is 78.3 Å². The van der Waals surface area contributed by atoms with Crippen LogP contribution in [-0.2, 0) is 17.5 Å². The summed E-state index contributed by atoms with van der Waals surface area (Å²) in [5.41, 5.74) is 2.05. The Kier molecular flexibility index (Phi) is 6.13. The predicted molar refractivity (Wildman–Crippen MR) is 125 cm³/mol. The third-order valence-electron chi connectivity index (χ3n) is 6.51. The Morgan fingerprint density at radius 2 is 1.86 bits per heavy atom. The minimum Gasteiger partial charge on any atom is -0.493 e. The zero-order chi connectivity index (χ0) is 24.6. The van der Waals surface area contributed by atoms with Gasteiger partial charge in [-0.3, -0.25) is 9.78 Å². The minimum absolute atomic E-state index is 0.0514. The summed E-state index contributed by atoms with van der Waals surface area (Å²) in [5.74, 6) is 0.0223. The number of nitrogens with zero attached hydrogens (tertiary/aromatic N) is 1. The van der Waals surface area contributed by atoms with E-state index in [2.05, 4.69) is 10.3 Å². The highest BCUT2D eigenvalue weighted by molar-refractivity contribution is 5.75. The molecule has 3 aromatic rings. The molecule has 5 rings (SSSR count). The van der Waals surface area contributed by atoms with Crippen molar-refractivity contribution < 1.29 is 27.8 Å².